The lowest BCUT2D eigenvalue weighted by Gasteiger charge is -2.20. The summed E-state index contributed by atoms with van der Waals surface area (Å²) in [6.45, 7) is 7.48. The van der Waals surface area contributed by atoms with E-state index < -0.39 is 23.8 Å². The maximum atomic E-state index is 14.6. The normalized spacial score (nSPS) is 12.6. The maximum absolute atomic E-state index is 14.6. The zero-order chi connectivity index (χ0) is 21.3. The van der Waals surface area contributed by atoms with Crippen LogP contribution in [0.15, 0.2) is 30.3 Å². The molecule has 5 nitrogen and oxygen atoms in total. The molecule has 4 N–H and O–H groups in total. The van der Waals surface area contributed by atoms with Gasteiger partial charge in [-0.3, -0.25) is 0 Å². The molecule has 0 saturated heterocycles. The number of nitrogen functional groups attached to an aromatic ring is 1. The molecule has 0 spiro atoms. The molecule has 3 aromatic rings. The van der Waals surface area contributed by atoms with E-state index in [1.165, 1.54) is 6.07 Å². The smallest absolute Gasteiger partial charge is 0.266 e. The molecule has 0 fully saturated rings. The summed E-state index contributed by atoms with van der Waals surface area (Å²) < 4.78 is 40.9. The zero-order valence-electron chi connectivity index (χ0n) is 16.7. The third-order valence-corrected chi connectivity index (χ3v) is 4.47. The number of anilines is 3. The molecule has 0 amide bonds. The highest BCUT2D eigenvalue weighted by Crippen LogP contribution is 2.33. The summed E-state index contributed by atoms with van der Waals surface area (Å²) in [6, 6.07) is 7.63. The molecule has 0 aliphatic carbocycles. The van der Waals surface area contributed by atoms with Crippen LogP contribution in [-0.2, 0) is 0 Å². The van der Waals surface area contributed by atoms with E-state index in [1.807, 2.05) is 32.0 Å². The first kappa shape index (κ1) is 20.7. The van der Waals surface area contributed by atoms with Gasteiger partial charge in [0.15, 0.2) is 0 Å². The SMILES string of the molecule is Cc1nc(N[C@H](C)c2cc(N)cc(C(F)F)c2F)c2cc(NC(C)C)ccc2n1. The first-order valence-corrected chi connectivity index (χ1v) is 9.34. The number of aromatic nitrogens is 2. The van der Waals surface area contributed by atoms with E-state index in [1.54, 1.807) is 13.8 Å². The second-order valence-corrected chi connectivity index (χ2v) is 7.33. The van der Waals surface area contributed by atoms with E-state index in [4.69, 9.17) is 5.73 Å². The van der Waals surface area contributed by atoms with Gasteiger partial charge >= 0.3 is 0 Å². The Balaban J connectivity index is 2.03. The first-order valence-electron chi connectivity index (χ1n) is 9.34. The van der Waals surface area contributed by atoms with Gasteiger partial charge in [0.25, 0.3) is 6.43 Å². The molecule has 0 aliphatic heterocycles. The molecule has 0 saturated carbocycles. The number of hydrogen-bond donors (Lipinski definition) is 3. The number of alkyl halides is 2. The second-order valence-electron chi connectivity index (χ2n) is 7.33. The van der Waals surface area contributed by atoms with Crippen LogP contribution in [-0.4, -0.2) is 16.0 Å². The minimum atomic E-state index is -2.95. The van der Waals surface area contributed by atoms with Crippen molar-refractivity contribution in [3.63, 3.8) is 0 Å². The molecule has 154 valence electrons. The zero-order valence-corrected chi connectivity index (χ0v) is 16.7. The molecule has 0 unspecified atom stereocenters. The third kappa shape index (κ3) is 4.52. The highest BCUT2D eigenvalue weighted by molar-refractivity contribution is 5.91. The van der Waals surface area contributed by atoms with Gasteiger partial charge < -0.3 is 16.4 Å². The summed E-state index contributed by atoms with van der Waals surface area (Å²) in [4.78, 5) is 8.88. The lowest BCUT2D eigenvalue weighted by atomic mass is 10.0. The van der Waals surface area contributed by atoms with E-state index in [9.17, 15) is 13.2 Å². The number of aryl methyl sites for hydroxylation is 1. The topological polar surface area (TPSA) is 75.9 Å². The number of nitrogens with zero attached hydrogens (tertiary/aromatic N) is 2. The van der Waals surface area contributed by atoms with E-state index >= 15 is 0 Å². The molecule has 1 atom stereocenters. The van der Waals surface area contributed by atoms with E-state index in [0.29, 0.717) is 11.6 Å². The summed E-state index contributed by atoms with van der Waals surface area (Å²) >= 11 is 0. The first-order chi connectivity index (χ1) is 13.7. The maximum Gasteiger partial charge on any atom is 0.266 e. The fraction of sp³-hybridized carbons (Fsp3) is 0.333. The number of rotatable bonds is 6. The van der Waals surface area contributed by atoms with Crippen LogP contribution in [0.3, 0.4) is 0 Å². The van der Waals surface area contributed by atoms with Crippen molar-refractivity contribution in [1.82, 2.24) is 9.97 Å². The van der Waals surface area contributed by atoms with Crippen LogP contribution in [0.4, 0.5) is 30.4 Å². The van der Waals surface area contributed by atoms with Crippen molar-refractivity contribution in [2.24, 2.45) is 0 Å². The van der Waals surface area contributed by atoms with Crippen LogP contribution >= 0.6 is 0 Å². The molecule has 1 heterocycles. The van der Waals surface area contributed by atoms with Crippen molar-refractivity contribution >= 4 is 28.1 Å². The standard InChI is InChI=1S/C21H24F3N5/c1-10(2)26-14-5-6-18-16(9-14)21(29-12(4)28-18)27-11(3)15-7-13(25)8-17(19(15)22)20(23)24/h5-11,20,26H,25H2,1-4H3,(H,27,28,29)/t11-/m1/s1. The molecule has 0 aliphatic rings. The average molecular weight is 403 g/mol. The Morgan fingerprint density at radius 2 is 1.66 bits per heavy atom. The molecule has 0 radical (unpaired) electrons. The molecule has 29 heavy (non-hydrogen) atoms. The predicted octanol–water partition coefficient (Wildman–Crippen LogP) is 5.59. The van der Waals surface area contributed by atoms with E-state index in [0.717, 1.165) is 22.7 Å². The summed E-state index contributed by atoms with van der Waals surface area (Å²) in [5.41, 5.74) is 6.77. The van der Waals surface area contributed by atoms with Crippen LogP contribution in [0.2, 0.25) is 0 Å². The van der Waals surface area contributed by atoms with E-state index in [-0.39, 0.29) is 17.3 Å². The highest BCUT2D eigenvalue weighted by Gasteiger charge is 2.22. The lowest BCUT2D eigenvalue weighted by molar-refractivity contribution is 0.146. The Labute approximate surface area is 167 Å². The Hall–Kier alpha value is -3.03. The van der Waals surface area contributed by atoms with Crippen LogP contribution in [0.1, 0.15) is 50.2 Å². The van der Waals surface area contributed by atoms with Crippen molar-refractivity contribution in [1.29, 1.82) is 0 Å². The minimum Gasteiger partial charge on any atom is -0.399 e. The van der Waals surface area contributed by atoms with Crippen LogP contribution in [0.5, 0.6) is 0 Å². The molecule has 2 aromatic carbocycles. The van der Waals surface area contributed by atoms with Crippen LogP contribution < -0.4 is 16.4 Å². The third-order valence-electron chi connectivity index (χ3n) is 4.47. The fourth-order valence-corrected chi connectivity index (χ4v) is 3.23. The average Bonchev–Trinajstić information content (AvgIpc) is 2.63. The largest absolute Gasteiger partial charge is 0.399 e. The number of halogens is 3. The molecular formula is C21H24F3N5. The van der Waals surface area contributed by atoms with Gasteiger partial charge in [0.1, 0.15) is 17.5 Å². The van der Waals surface area contributed by atoms with Crippen LogP contribution in [0.25, 0.3) is 10.9 Å². The van der Waals surface area contributed by atoms with Crippen molar-refractivity contribution < 1.29 is 13.2 Å². The Morgan fingerprint density at radius 1 is 0.966 bits per heavy atom. The summed E-state index contributed by atoms with van der Waals surface area (Å²) in [6.07, 6.45) is -2.95. The molecular weight excluding hydrogens is 379 g/mol. The number of nitrogens with two attached hydrogens (primary N) is 1. The molecule has 0 bridgehead atoms. The Kier molecular flexibility index (Phi) is 5.81. The van der Waals surface area contributed by atoms with Gasteiger partial charge in [-0.1, -0.05) is 0 Å². The number of hydrogen-bond acceptors (Lipinski definition) is 5. The summed E-state index contributed by atoms with van der Waals surface area (Å²) in [5.74, 6) is 0.0670. The van der Waals surface area contributed by atoms with Gasteiger partial charge in [-0.2, -0.15) is 0 Å². The Morgan fingerprint density at radius 3 is 2.31 bits per heavy atom. The monoisotopic (exact) mass is 403 g/mol. The molecule has 3 rings (SSSR count). The predicted molar refractivity (Wildman–Crippen MR) is 111 cm³/mol. The lowest BCUT2D eigenvalue weighted by Crippen LogP contribution is -2.13. The molecule has 8 heteroatoms. The van der Waals surface area contributed by atoms with Crippen molar-refractivity contribution in [2.45, 2.75) is 46.2 Å². The van der Waals surface area contributed by atoms with E-state index in [2.05, 4.69) is 20.6 Å². The van der Waals surface area contributed by atoms with Crippen molar-refractivity contribution in [2.75, 3.05) is 16.4 Å². The van der Waals surface area contributed by atoms with Crippen molar-refractivity contribution in [3.05, 3.63) is 53.1 Å². The number of fused-ring (bicyclic) bond motifs is 1. The second kappa shape index (κ2) is 8.14. The van der Waals surface area contributed by atoms with Gasteiger partial charge in [0.05, 0.1) is 17.1 Å². The number of benzene rings is 2. The van der Waals surface area contributed by atoms with Crippen molar-refractivity contribution in [3.8, 4) is 0 Å². The van der Waals surface area contributed by atoms with Gasteiger partial charge in [-0.15, -0.1) is 0 Å². The quantitative estimate of drug-likeness (QED) is 0.468. The molecule has 1 aromatic heterocycles. The fourth-order valence-electron chi connectivity index (χ4n) is 3.23. The van der Waals surface area contributed by atoms with Gasteiger partial charge in [0, 0.05) is 28.4 Å². The van der Waals surface area contributed by atoms with Gasteiger partial charge in [-0.05, 0) is 58.0 Å². The minimum absolute atomic E-state index is 0.0566. The van der Waals surface area contributed by atoms with Gasteiger partial charge in [-0.25, -0.2) is 23.1 Å². The summed E-state index contributed by atoms with van der Waals surface area (Å²) in [7, 11) is 0. The number of nitrogens with one attached hydrogen (secondary N) is 2. The highest BCUT2D eigenvalue weighted by atomic mass is 19.3. The summed E-state index contributed by atoms with van der Waals surface area (Å²) in [5, 5.41) is 7.20. The Bertz CT molecular complexity index is 1040. The van der Waals surface area contributed by atoms with Crippen LogP contribution in [0, 0.1) is 12.7 Å². The van der Waals surface area contributed by atoms with Gasteiger partial charge in [0.2, 0.25) is 0 Å².